The number of imide groups is 1. The van der Waals surface area contributed by atoms with E-state index in [-0.39, 0.29) is 36.6 Å². The molecule has 8 heteroatoms. The molecule has 1 fully saturated rings. The second kappa shape index (κ2) is 8.21. The van der Waals surface area contributed by atoms with Gasteiger partial charge >= 0.3 is 0 Å². The molecule has 2 aliphatic rings. The number of halogens is 1. The van der Waals surface area contributed by atoms with Gasteiger partial charge in [0.1, 0.15) is 0 Å². The van der Waals surface area contributed by atoms with Crippen LogP contribution in [0.3, 0.4) is 0 Å². The van der Waals surface area contributed by atoms with Crippen LogP contribution in [0, 0.1) is 0 Å². The first kappa shape index (κ1) is 19.5. The van der Waals surface area contributed by atoms with E-state index in [1.807, 2.05) is 6.92 Å². The molecule has 0 unspecified atom stereocenters. The molecule has 0 spiro atoms. The van der Waals surface area contributed by atoms with Crippen molar-refractivity contribution in [2.75, 3.05) is 32.7 Å². The molecular weight excluding hydrogens is 414 g/mol. The van der Waals surface area contributed by atoms with E-state index in [9.17, 15) is 19.2 Å². The summed E-state index contributed by atoms with van der Waals surface area (Å²) in [7, 11) is 0. The number of benzene rings is 1. The van der Waals surface area contributed by atoms with E-state index in [0.29, 0.717) is 50.1 Å². The lowest BCUT2D eigenvalue weighted by molar-refractivity contribution is -0.139. The van der Waals surface area contributed by atoms with Crippen LogP contribution in [0.4, 0.5) is 0 Å². The Morgan fingerprint density at radius 1 is 0.963 bits per heavy atom. The second-order valence-corrected chi connectivity index (χ2v) is 7.59. The molecule has 1 aromatic rings. The molecule has 0 aromatic heterocycles. The summed E-state index contributed by atoms with van der Waals surface area (Å²) in [5, 5.41) is 0. The monoisotopic (exact) mass is 435 g/mol. The van der Waals surface area contributed by atoms with E-state index >= 15 is 0 Å². The third kappa shape index (κ3) is 4.05. The number of carbonyl (C=O) groups is 4. The summed E-state index contributed by atoms with van der Waals surface area (Å²) >= 11 is 3.31. The van der Waals surface area contributed by atoms with Gasteiger partial charge in [0.15, 0.2) is 0 Å². The maximum atomic E-state index is 12.4. The van der Waals surface area contributed by atoms with Crippen LogP contribution in [0.5, 0.6) is 0 Å². The van der Waals surface area contributed by atoms with Gasteiger partial charge in [-0.05, 0) is 24.6 Å². The summed E-state index contributed by atoms with van der Waals surface area (Å²) < 4.78 is 0.750. The SMILES string of the molecule is CCC(=O)N1CCN(C(=O)CCCN2C(=O)c3ccc(Br)cc3C2=O)CC1. The summed E-state index contributed by atoms with van der Waals surface area (Å²) in [5.41, 5.74) is 0.809. The van der Waals surface area contributed by atoms with E-state index in [4.69, 9.17) is 0 Å². The summed E-state index contributed by atoms with van der Waals surface area (Å²) in [6.45, 7) is 4.25. The van der Waals surface area contributed by atoms with Gasteiger partial charge in [-0.25, -0.2) is 0 Å². The zero-order valence-corrected chi connectivity index (χ0v) is 16.8. The molecule has 1 aromatic carbocycles. The number of carbonyl (C=O) groups excluding carboxylic acids is 4. The van der Waals surface area contributed by atoms with Gasteiger partial charge in [-0.15, -0.1) is 0 Å². The first-order valence-corrected chi connectivity index (χ1v) is 9.93. The van der Waals surface area contributed by atoms with E-state index in [1.54, 1.807) is 28.0 Å². The van der Waals surface area contributed by atoms with Gasteiger partial charge in [0.05, 0.1) is 11.1 Å². The van der Waals surface area contributed by atoms with Gasteiger partial charge in [-0.1, -0.05) is 22.9 Å². The molecular formula is C19H22BrN3O4. The zero-order valence-electron chi connectivity index (χ0n) is 15.2. The molecule has 2 aliphatic heterocycles. The molecule has 7 nitrogen and oxygen atoms in total. The lowest BCUT2D eigenvalue weighted by Crippen LogP contribution is -2.50. The molecule has 1 saturated heterocycles. The molecule has 27 heavy (non-hydrogen) atoms. The fraction of sp³-hybridized carbons (Fsp3) is 0.474. The van der Waals surface area contributed by atoms with Crippen molar-refractivity contribution in [3.63, 3.8) is 0 Å². The normalized spacial score (nSPS) is 16.7. The fourth-order valence-electron chi connectivity index (χ4n) is 3.44. The minimum Gasteiger partial charge on any atom is -0.339 e. The van der Waals surface area contributed by atoms with Crippen LogP contribution in [-0.4, -0.2) is 71.1 Å². The van der Waals surface area contributed by atoms with E-state index in [2.05, 4.69) is 15.9 Å². The summed E-state index contributed by atoms with van der Waals surface area (Å²) in [6, 6.07) is 5.03. The molecule has 0 atom stereocenters. The van der Waals surface area contributed by atoms with Crippen LogP contribution in [0.1, 0.15) is 46.9 Å². The number of piperazine rings is 1. The lowest BCUT2D eigenvalue weighted by Gasteiger charge is -2.34. The summed E-state index contributed by atoms with van der Waals surface area (Å²) in [6.07, 6.45) is 1.18. The van der Waals surface area contributed by atoms with Crippen molar-refractivity contribution in [3.05, 3.63) is 33.8 Å². The Hall–Kier alpha value is -2.22. The molecule has 0 radical (unpaired) electrons. The predicted molar refractivity (Wildman–Crippen MR) is 102 cm³/mol. The Morgan fingerprint density at radius 3 is 2.19 bits per heavy atom. The Morgan fingerprint density at radius 2 is 1.56 bits per heavy atom. The molecule has 144 valence electrons. The highest BCUT2D eigenvalue weighted by molar-refractivity contribution is 9.10. The van der Waals surface area contributed by atoms with Crippen molar-refractivity contribution in [2.45, 2.75) is 26.2 Å². The van der Waals surface area contributed by atoms with Crippen molar-refractivity contribution in [1.82, 2.24) is 14.7 Å². The largest absolute Gasteiger partial charge is 0.339 e. The fourth-order valence-corrected chi connectivity index (χ4v) is 3.80. The van der Waals surface area contributed by atoms with Gasteiger partial charge < -0.3 is 9.80 Å². The summed E-state index contributed by atoms with van der Waals surface area (Å²) in [5.74, 6) is -0.505. The van der Waals surface area contributed by atoms with Gasteiger partial charge in [-0.2, -0.15) is 0 Å². The maximum Gasteiger partial charge on any atom is 0.261 e. The van der Waals surface area contributed by atoms with Crippen LogP contribution in [0.2, 0.25) is 0 Å². The Balaban J connectivity index is 1.48. The predicted octanol–water partition coefficient (Wildman–Crippen LogP) is 1.91. The van der Waals surface area contributed by atoms with Crippen molar-refractivity contribution >= 4 is 39.6 Å². The average molecular weight is 436 g/mol. The Bertz CT molecular complexity index is 787. The first-order valence-electron chi connectivity index (χ1n) is 9.13. The molecule has 0 N–H and O–H groups in total. The Kier molecular flexibility index (Phi) is 5.94. The highest BCUT2D eigenvalue weighted by Gasteiger charge is 2.35. The van der Waals surface area contributed by atoms with Crippen LogP contribution in [-0.2, 0) is 9.59 Å². The van der Waals surface area contributed by atoms with Gasteiger partial charge in [0, 0.05) is 50.0 Å². The third-order valence-corrected chi connectivity index (χ3v) is 5.49. The molecule has 0 saturated carbocycles. The topological polar surface area (TPSA) is 78.0 Å². The zero-order chi connectivity index (χ0) is 19.6. The van der Waals surface area contributed by atoms with E-state index in [1.165, 1.54) is 4.90 Å². The number of rotatable bonds is 5. The number of hydrogen-bond acceptors (Lipinski definition) is 4. The van der Waals surface area contributed by atoms with Crippen LogP contribution < -0.4 is 0 Å². The minimum atomic E-state index is -0.310. The van der Waals surface area contributed by atoms with Gasteiger partial charge in [-0.3, -0.25) is 24.1 Å². The summed E-state index contributed by atoms with van der Waals surface area (Å²) in [4.78, 5) is 53.6. The number of nitrogens with zero attached hydrogens (tertiary/aromatic N) is 3. The van der Waals surface area contributed by atoms with E-state index in [0.717, 1.165) is 4.47 Å². The van der Waals surface area contributed by atoms with Crippen molar-refractivity contribution in [1.29, 1.82) is 0 Å². The average Bonchev–Trinajstić information content (AvgIpc) is 2.91. The van der Waals surface area contributed by atoms with Crippen LogP contribution in [0.25, 0.3) is 0 Å². The van der Waals surface area contributed by atoms with Gasteiger partial charge in [0.2, 0.25) is 11.8 Å². The standard InChI is InChI=1S/C19H22BrN3O4/c1-2-16(24)21-8-10-22(11-9-21)17(25)4-3-7-23-18(26)14-6-5-13(20)12-15(14)19(23)27/h5-6,12H,2-4,7-11H2,1H3. The smallest absolute Gasteiger partial charge is 0.261 e. The molecule has 2 heterocycles. The highest BCUT2D eigenvalue weighted by Crippen LogP contribution is 2.26. The number of amides is 4. The molecule has 3 rings (SSSR count). The second-order valence-electron chi connectivity index (χ2n) is 6.67. The molecule has 0 bridgehead atoms. The maximum absolute atomic E-state index is 12.4. The first-order chi connectivity index (χ1) is 12.9. The van der Waals surface area contributed by atoms with Crippen LogP contribution >= 0.6 is 15.9 Å². The minimum absolute atomic E-state index is 0.00190. The number of fused-ring (bicyclic) bond motifs is 1. The van der Waals surface area contributed by atoms with Crippen molar-refractivity contribution in [2.24, 2.45) is 0 Å². The third-order valence-electron chi connectivity index (χ3n) is 4.99. The van der Waals surface area contributed by atoms with Gasteiger partial charge in [0.25, 0.3) is 11.8 Å². The number of hydrogen-bond donors (Lipinski definition) is 0. The van der Waals surface area contributed by atoms with Crippen LogP contribution in [0.15, 0.2) is 22.7 Å². The Labute approximate surface area is 166 Å². The van der Waals surface area contributed by atoms with E-state index < -0.39 is 0 Å². The lowest BCUT2D eigenvalue weighted by atomic mass is 10.1. The van der Waals surface area contributed by atoms with Crippen molar-refractivity contribution in [3.8, 4) is 0 Å². The van der Waals surface area contributed by atoms with Crippen molar-refractivity contribution < 1.29 is 19.2 Å². The quantitative estimate of drug-likeness (QED) is 0.661. The highest BCUT2D eigenvalue weighted by atomic mass is 79.9. The molecule has 0 aliphatic carbocycles. The molecule has 4 amide bonds.